The van der Waals surface area contributed by atoms with Gasteiger partial charge in [0.2, 0.25) is 0 Å². The maximum Gasteiger partial charge on any atom is -0.800 e. The number of rotatable bonds is 2. The molecule has 0 saturated heterocycles. The molecule has 0 aliphatic rings. The van der Waals surface area contributed by atoms with Crippen LogP contribution in [0.2, 0.25) is 0 Å². The number of halogens is 2. The molecule has 0 N–H and O–H groups in total. The minimum atomic E-state index is -0.826. The Morgan fingerprint density at radius 3 is 1.95 bits per heavy atom. The van der Waals surface area contributed by atoms with E-state index in [0.717, 1.165) is 0 Å². The van der Waals surface area contributed by atoms with E-state index in [2.05, 4.69) is 85.8 Å². The first-order valence-corrected chi connectivity index (χ1v) is 12.7. The van der Waals surface area contributed by atoms with Gasteiger partial charge in [-0.2, -0.15) is 17.7 Å². The van der Waals surface area contributed by atoms with E-state index in [0.29, 0.717) is 5.92 Å². The van der Waals surface area contributed by atoms with Crippen LogP contribution in [0.3, 0.4) is 0 Å². The minimum absolute atomic E-state index is 0.510. The number of benzene rings is 1. The molecule has 3 aromatic carbocycles. The Bertz CT molecular complexity index is 513. The van der Waals surface area contributed by atoms with E-state index >= 15 is 0 Å². The molecule has 3 rings (SSSR count). The van der Waals surface area contributed by atoms with Crippen molar-refractivity contribution < 1.29 is 20.8 Å². The Morgan fingerprint density at radius 2 is 1.52 bits per heavy atom. The molecule has 1 atom stereocenters. The van der Waals surface area contributed by atoms with Gasteiger partial charge in [-0.15, -0.1) is 0 Å². The molecule has 0 bridgehead atoms. The van der Waals surface area contributed by atoms with Crippen LogP contribution in [0.1, 0.15) is 24.0 Å². The van der Waals surface area contributed by atoms with Crippen molar-refractivity contribution in [2.75, 3.05) is 0 Å². The predicted molar refractivity (Wildman–Crippen MR) is 85.1 cm³/mol. The largest absolute Gasteiger partial charge is 0.999 e. The molecule has 0 radical (unpaired) electrons. The van der Waals surface area contributed by atoms with Gasteiger partial charge in [-0.1, -0.05) is 42.8 Å². The third kappa shape index (κ3) is 7.81. The normalized spacial score (nSPS) is 10.4. The average molecular weight is 392 g/mol. The van der Waals surface area contributed by atoms with Gasteiger partial charge in [0.25, 0.3) is 0 Å². The van der Waals surface area contributed by atoms with Gasteiger partial charge in [0.05, 0.1) is 0 Å². The van der Waals surface area contributed by atoms with Crippen molar-refractivity contribution >= 4 is 17.0 Å². The Kier molecular flexibility index (Phi) is 10.5. The van der Waals surface area contributed by atoms with Crippen molar-refractivity contribution in [3.63, 3.8) is 0 Å². The summed E-state index contributed by atoms with van der Waals surface area (Å²) in [6.45, 7) is 2.24. The van der Waals surface area contributed by atoms with Crippen molar-refractivity contribution in [3.05, 3.63) is 96.1 Å². The number of hydrogen-bond donors (Lipinski definition) is 0. The van der Waals surface area contributed by atoms with Gasteiger partial charge < -0.3 is 30.3 Å². The third-order valence-corrected chi connectivity index (χ3v) is 2.84. The summed E-state index contributed by atoms with van der Waals surface area (Å²) in [4.78, 5) is 0. The zero-order valence-corrected chi connectivity index (χ0v) is 15.6. The molecule has 0 heterocycles. The Morgan fingerprint density at radius 1 is 1.00 bits per heavy atom. The topological polar surface area (TPSA) is 0 Å². The van der Waals surface area contributed by atoms with E-state index in [9.17, 15) is 0 Å². The zero-order valence-electron chi connectivity index (χ0n) is 11.6. The van der Waals surface area contributed by atoms with Gasteiger partial charge in [0, 0.05) is 0 Å². The molecular weight excluding hydrogens is 378 g/mol. The maximum atomic E-state index is 4.93. The fourth-order valence-corrected chi connectivity index (χ4v) is 1.79. The summed E-state index contributed by atoms with van der Waals surface area (Å²) < 4.78 is 0. The van der Waals surface area contributed by atoms with E-state index in [1.807, 2.05) is 0 Å². The summed E-state index contributed by atoms with van der Waals surface area (Å²) in [5, 5.41) is 0. The molecule has 0 amide bonds. The van der Waals surface area contributed by atoms with Crippen molar-refractivity contribution in [3.8, 4) is 0 Å². The zero-order chi connectivity index (χ0) is 15.3. The Labute approximate surface area is 146 Å². The molecule has 0 aliphatic carbocycles. The van der Waals surface area contributed by atoms with Gasteiger partial charge in [0.15, 0.2) is 0 Å². The second-order valence-electron chi connectivity index (χ2n) is 4.11. The van der Waals surface area contributed by atoms with Crippen LogP contribution in [0.15, 0.2) is 60.7 Å². The fourth-order valence-electron chi connectivity index (χ4n) is 1.79. The van der Waals surface area contributed by atoms with Crippen molar-refractivity contribution in [1.82, 2.24) is 0 Å². The van der Waals surface area contributed by atoms with Gasteiger partial charge in [-0.25, -0.2) is 12.1 Å². The molecular formula is C18H14Cl2Zr-6. The van der Waals surface area contributed by atoms with Crippen LogP contribution in [-0.2, 0) is 20.8 Å². The summed E-state index contributed by atoms with van der Waals surface area (Å²) >= 11 is -0.826. The summed E-state index contributed by atoms with van der Waals surface area (Å²) in [5.74, 6) is 0.510. The molecule has 21 heavy (non-hydrogen) atoms. The summed E-state index contributed by atoms with van der Waals surface area (Å²) in [6, 6.07) is 31.1. The van der Waals surface area contributed by atoms with Crippen molar-refractivity contribution in [2.24, 2.45) is 0 Å². The van der Waals surface area contributed by atoms with Crippen LogP contribution >= 0.6 is 17.0 Å². The van der Waals surface area contributed by atoms with Gasteiger partial charge in [-0.3, -0.25) is 0 Å². The standard InChI is InChI=1S/C13H13.C5H.2ClH.Zr/c1-11(13-9-5-6-10-13)12-7-3-2-4-8-12;1-2-4-5-3-1;;;/h2-11H,1H3;1H;2*1H;/q-1;-5;;;+2/p-2. The van der Waals surface area contributed by atoms with Crippen LogP contribution in [0.4, 0.5) is 0 Å². The number of hydrogen-bond acceptors (Lipinski definition) is 0. The van der Waals surface area contributed by atoms with Gasteiger partial charge in [0.1, 0.15) is 0 Å². The van der Waals surface area contributed by atoms with E-state index in [4.69, 9.17) is 17.0 Å². The molecule has 0 nitrogen and oxygen atoms in total. The first kappa shape index (κ1) is 18.4. The second kappa shape index (κ2) is 12.0. The van der Waals surface area contributed by atoms with Gasteiger partial charge in [-0.05, 0) is 5.92 Å². The fraction of sp³-hybridized carbons (Fsp3) is 0.111. The van der Waals surface area contributed by atoms with Crippen LogP contribution in [0.25, 0.3) is 0 Å². The first-order chi connectivity index (χ1) is 10.3. The summed E-state index contributed by atoms with van der Waals surface area (Å²) in [5.41, 5.74) is 2.78. The molecule has 3 aromatic rings. The van der Waals surface area contributed by atoms with E-state index in [1.165, 1.54) is 11.1 Å². The SMILES string of the molecule is CC(c1ccccc1)[c-]1cccc1.[Cl][Zr][Cl].[c-]1[c-][c-][cH-][c-]1. The van der Waals surface area contributed by atoms with E-state index in [1.54, 1.807) is 6.07 Å². The monoisotopic (exact) mass is 390 g/mol. The van der Waals surface area contributed by atoms with Crippen LogP contribution in [0.5, 0.6) is 0 Å². The molecule has 1 unspecified atom stereocenters. The molecule has 0 saturated carbocycles. The predicted octanol–water partition coefficient (Wildman–Crippen LogP) is 5.54. The second-order valence-corrected chi connectivity index (χ2v) is 7.84. The molecule has 0 fully saturated rings. The summed E-state index contributed by atoms with van der Waals surface area (Å²) in [7, 11) is 9.87. The van der Waals surface area contributed by atoms with Crippen LogP contribution < -0.4 is 0 Å². The molecule has 0 spiro atoms. The third-order valence-electron chi connectivity index (χ3n) is 2.84. The average Bonchev–Trinajstić information content (AvgIpc) is 3.24. The first-order valence-electron chi connectivity index (χ1n) is 6.35. The summed E-state index contributed by atoms with van der Waals surface area (Å²) in [6.07, 6.45) is 0. The van der Waals surface area contributed by atoms with Crippen LogP contribution in [-0.4, -0.2) is 0 Å². The minimum Gasteiger partial charge on any atom is -0.999 e. The Balaban J connectivity index is 0.000000228. The van der Waals surface area contributed by atoms with Gasteiger partial charge >= 0.3 is 37.9 Å². The maximum absolute atomic E-state index is 4.93. The van der Waals surface area contributed by atoms with Crippen molar-refractivity contribution in [1.29, 1.82) is 0 Å². The smallest absolute Gasteiger partial charge is 0.800 e. The molecule has 3 heteroatoms. The van der Waals surface area contributed by atoms with Crippen LogP contribution in [0, 0.1) is 24.3 Å². The molecule has 0 aliphatic heterocycles. The quantitative estimate of drug-likeness (QED) is 0.503. The molecule has 110 valence electrons. The molecule has 0 aromatic heterocycles. The van der Waals surface area contributed by atoms with Crippen molar-refractivity contribution in [2.45, 2.75) is 12.8 Å². The van der Waals surface area contributed by atoms with E-state index in [-0.39, 0.29) is 0 Å². The Hall–Kier alpha value is -0.617. The van der Waals surface area contributed by atoms with E-state index < -0.39 is 20.8 Å².